The Labute approximate surface area is 111 Å². The highest BCUT2D eigenvalue weighted by Gasteiger charge is 2.19. The number of carbonyl (C=O) groups excluding carboxylic acids is 1. The summed E-state index contributed by atoms with van der Waals surface area (Å²) < 4.78 is 15.3. The lowest BCUT2D eigenvalue weighted by Crippen LogP contribution is -2.00. The van der Waals surface area contributed by atoms with Crippen LogP contribution in [0.25, 0.3) is 16.4 Å². The van der Waals surface area contributed by atoms with E-state index in [0.717, 1.165) is 0 Å². The summed E-state index contributed by atoms with van der Waals surface area (Å²) in [6, 6.07) is 6.16. The van der Waals surface area contributed by atoms with Crippen LogP contribution >= 0.6 is 11.3 Å². The largest absolute Gasteiger partial charge is 0.296 e. The van der Waals surface area contributed by atoms with Crippen LogP contribution in [0.5, 0.6) is 0 Å². The lowest BCUT2D eigenvalue weighted by atomic mass is 10.1. The number of carbonyl (C=O) groups is 1. The molecule has 0 aliphatic rings. The molecule has 0 aliphatic carbocycles. The third kappa shape index (κ3) is 1.93. The van der Waals surface area contributed by atoms with E-state index in [1.54, 1.807) is 29.8 Å². The van der Waals surface area contributed by atoms with Gasteiger partial charge in [0.15, 0.2) is 12.0 Å². The van der Waals surface area contributed by atoms with E-state index in [1.807, 2.05) is 0 Å². The molecule has 0 N–H and O–H groups in total. The SMILES string of the molecule is O=Cc1nnn(-c2nccs2)c1-c1ccccc1F. The smallest absolute Gasteiger partial charge is 0.212 e. The fourth-order valence-corrected chi connectivity index (χ4v) is 2.33. The van der Waals surface area contributed by atoms with Crippen molar-refractivity contribution in [3.05, 3.63) is 47.4 Å². The van der Waals surface area contributed by atoms with Gasteiger partial charge >= 0.3 is 0 Å². The summed E-state index contributed by atoms with van der Waals surface area (Å²) >= 11 is 1.33. The highest BCUT2D eigenvalue weighted by molar-refractivity contribution is 7.12. The Morgan fingerprint density at radius 2 is 2.16 bits per heavy atom. The van der Waals surface area contributed by atoms with Crippen LogP contribution in [0.3, 0.4) is 0 Å². The van der Waals surface area contributed by atoms with Gasteiger partial charge in [-0.2, -0.15) is 4.68 Å². The first-order valence-electron chi connectivity index (χ1n) is 5.37. The van der Waals surface area contributed by atoms with Crippen LogP contribution in [0, 0.1) is 5.82 Å². The average molecular weight is 274 g/mol. The molecule has 3 aromatic rings. The fraction of sp³-hybridized carbons (Fsp3) is 0. The summed E-state index contributed by atoms with van der Waals surface area (Å²) in [5.74, 6) is -0.439. The molecule has 0 saturated heterocycles. The second-order valence-electron chi connectivity index (χ2n) is 3.65. The molecular formula is C12H7FN4OS. The van der Waals surface area contributed by atoms with Crippen molar-refractivity contribution in [2.45, 2.75) is 0 Å². The van der Waals surface area contributed by atoms with E-state index >= 15 is 0 Å². The van der Waals surface area contributed by atoms with Crippen molar-refractivity contribution >= 4 is 17.6 Å². The Morgan fingerprint density at radius 3 is 2.84 bits per heavy atom. The maximum absolute atomic E-state index is 13.9. The Bertz CT molecular complexity index is 723. The van der Waals surface area contributed by atoms with Gasteiger partial charge < -0.3 is 0 Å². The number of aromatic nitrogens is 4. The molecular weight excluding hydrogens is 267 g/mol. The van der Waals surface area contributed by atoms with E-state index in [1.165, 1.54) is 22.1 Å². The summed E-state index contributed by atoms with van der Waals surface area (Å²) in [4.78, 5) is 15.1. The molecule has 0 atom stereocenters. The Morgan fingerprint density at radius 1 is 1.32 bits per heavy atom. The van der Waals surface area contributed by atoms with Crippen LogP contribution in [0.1, 0.15) is 10.5 Å². The van der Waals surface area contributed by atoms with E-state index < -0.39 is 5.82 Å². The quantitative estimate of drug-likeness (QED) is 0.688. The van der Waals surface area contributed by atoms with Crippen LogP contribution < -0.4 is 0 Å². The van der Waals surface area contributed by atoms with Gasteiger partial charge in [0.05, 0.1) is 0 Å². The maximum atomic E-state index is 13.9. The van der Waals surface area contributed by atoms with E-state index in [9.17, 15) is 9.18 Å². The van der Waals surface area contributed by atoms with Crippen molar-refractivity contribution in [2.24, 2.45) is 0 Å². The molecule has 3 rings (SSSR count). The molecule has 2 heterocycles. The van der Waals surface area contributed by atoms with Crippen molar-refractivity contribution in [1.29, 1.82) is 0 Å². The van der Waals surface area contributed by atoms with Crippen molar-refractivity contribution in [3.8, 4) is 16.4 Å². The summed E-state index contributed by atoms with van der Waals surface area (Å²) in [6.07, 6.45) is 2.16. The Balaban J connectivity index is 2.28. The molecule has 0 saturated carbocycles. The first kappa shape index (κ1) is 11.7. The molecule has 0 spiro atoms. The second kappa shape index (κ2) is 4.69. The number of aldehydes is 1. The highest BCUT2D eigenvalue weighted by atomic mass is 32.1. The monoisotopic (exact) mass is 274 g/mol. The van der Waals surface area contributed by atoms with E-state index in [0.29, 0.717) is 17.1 Å². The van der Waals surface area contributed by atoms with Crippen molar-refractivity contribution < 1.29 is 9.18 Å². The van der Waals surface area contributed by atoms with Crippen LogP contribution in [0.2, 0.25) is 0 Å². The maximum Gasteiger partial charge on any atom is 0.212 e. The Kier molecular flexibility index (Phi) is 2.88. The summed E-state index contributed by atoms with van der Waals surface area (Å²) in [5, 5.41) is 9.91. The lowest BCUT2D eigenvalue weighted by molar-refractivity contribution is 0.111. The predicted octanol–water partition coefficient (Wildman–Crippen LogP) is 2.34. The van der Waals surface area contributed by atoms with Crippen LogP contribution in [-0.2, 0) is 0 Å². The minimum Gasteiger partial charge on any atom is -0.296 e. The molecule has 0 aliphatic heterocycles. The zero-order valence-corrected chi connectivity index (χ0v) is 10.3. The van der Waals surface area contributed by atoms with Gasteiger partial charge in [0.2, 0.25) is 5.13 Å². The van der Waals surface area contributed by atoms with Gasteiger partial charge in [0.25, 0.3) is 0 Å². The van der Waals surface area contributed by atoms with Gasteiger partial charge in [0, 0.05) is 17.1 Å². The number of rotatable bonds is 3. The molecule has 94 valence electrons. The molecule has 0 radical (unpaired) electrons. The normalized spacial score (nSPS) is 10.6. The zero-order valence-electron chi connectivity index (χ0n) is 9.52. The molecule has 0 amide bonds. The van der Waals surface area contributed by atoms with Crippen molar-refractivity contribution in [2.75, 3.05) is 0 Å². The first-order valence-corrected chi connectivity index (χ1v) is 6.25. The van der Waals surface area contributed by atoms with Gasteiger partial charge in [-0.05, 0) is 12.1 Å². The van der Waals surface area contributed by atoms with Gasteiger partial charge in [-0.1, -0.05) is 17.3 Å². The van der Waals surface area contributed by atoms with Crippen LogP contribution in [0.15, 0.2) is 35.8 Å². The summed E-state index contributed by atoms with van der Waals surface area (Å²) in [6.45, 7) is 0. The number of hydrogen-bond acceptors (Lipinski definition) is 5. The van der Waals surface area contributed by atoms with E-state index in [2.05, 4.69) is 15.3 Å². The van der Waals surface area contributed by atoms with E-state index in [-0.39, 0.29) is 11.3 Å². The van der Waals surface area contributed by atoms with E-state index in [4.69, 9.17) is 0 Å². The number of thiazole rings is 1. The molecule has 19 heavy (non-hydrogen) atoms. The standard InChI is InChI=1S/C12H7FN4OS/c13-9-4-2-1-3-8(9)11-10(7-18)15-16-17(11)12-14-5-6-19-12/h1-7H. The zero-order chi connectivity index (χ0) is 13.2. The van der Waals surface area contributed by atoms with Crippen molar-refractivity contribution in [1.82, 2.24) is 20.0 Å². The van der Waals surface area contributed by atoms with Gasteiger partial charge in [0.1, 0.15) is 11.5 Å². The number of nitrogens with zero attached hydrogens (tertiary/aromatic N) is 4. The Hall–Kier alpha value is -2.41. The van der Waals surface area contributed by atoms with Crippen LogP contribution in [-0.4, -0.2) is 26.3 Å². The predicted molar refractivity (Wildman–Crippen MR) is 67.8 cm³/mol. The minimum absolute atomic E-state index is 0.0836. The minimum atomic E-state index is -0.439. The second-order valence-corrected chi connectivity index (χ2v) is 4.52. The molecule has 0 unspecified atom stereocenters. The molecule has 0 bridgehead atoms. The van der Waals surface area contributed by atoms with Gasteiger partial charge in [-0.15, -0.1) is 16.4 Å². The topological polar surface area (TPSA) is 60.7 Å². The van der Waals surface area contributed by atoms with Gasteiger partial charge in [-0.25, -0.2) is 9.37 Å². The highest BCUT2D eigenvalue weighted by Crippen LogP contribution is 2.27. The molecule has 0 fully saturated rings. The number of hydrogen-bond donors (Lipinski definition) is 0. The number of halogens is 1. The van der Waals surface area contributed by atoms with Gasteiger partial charge in [-0.3, -0.25) is 4.79 Å². The molecule has 7 heteroatoms. The third-order valence-corrected chi connectivity index (χ3v) is 3.28. The average Bonchev–Trinajstić information content (AvgIpc) is 3.07. The molecule has 2 aromatic heterocycles. The first-order chi connectivity index (χ1) is 9.31. The summed E-state index contributed by atoms with van der Waals surface area (Å²) in [7, 11) is 0. The lowest BCUT2D eigenvalue weighted by Gasteiger charge is -2.04. The fourth-order valence-electron chi connectivity index (χ4n) is 1.73. The summed E-state index contributed by atoms with van der Waals surface area (Å²) in [5.41, 5.74) is 0.660. The van der Waals surface area contributed by atoms with Crippen LogP contribution in [0.4, 0.5) is 4.39 Å². The molecule has 5 nitrogen and oxygen atoms in total. The van der Waals surface area contributed by atoms with Crippen molar-refractivity contribution in [3.63, 3.8) is 0 Å². The number of benzene rings is 1. The third-order valence-electron chi connectivity index (χ3n) is 2.54. The molecule has 1 aromatic carbocycles.